The van der Waals surface area contributed by atoms with Gasteiger partial charge in [-0.3, -0.25) is 0 Å². The van der Waals surface area contributed by atoms with Crippen molar-refractivity contribution in [1.82, 2.24) is 14.9 Å². The molecule has 4 heteroatoms. The number of piperidine rings is 1. The van der Waals surface area contributed by atoms with E-state index in [-0.39, 0.29) is 5.54 Å². The fourth-order valence-corrected chi connectivity index (χ4v) is 3.44. The Morgan fingerprint density at radius 1 is 1.42 bits per heavy atom. The molecule has 1 unspecified atom stereocenters. The van der Waals surface area contributed by atoms with E-state index in [0.29, 0.717) is 0 Å². The number of nitrogens with one attached hydrogen (secondary N) is 1. The van der Waals surface area contributed by atoms with Crippen LogP contribution >= 0.6 is 15.9 Å². The summed E-state index contributed by atoms with van der Waals surface area (Å²) >= 11 is 3.53. The van der Waals surface area contributed by atoms with Crippen molar-refractivity contribution >= 4 is 27.0 Å². The fourth-order valence-electron chi connectivity index (χ4n) is 3.09. The summed E-state index contributed by atoms with van der Waals surface area (Å²) < 4.78 is 3.44. The minimum absolute atomic E-state index is 0.0136. The predicted octanol–water partition coefficient (Wildman–Crippen LogP) is 3.81. The van der Waals surface area contributed by atoms with E-state index < -0.39 is 0 Å². The van der Waals surface area contributed by atoms with Crippen molar-refractivity contribution in [3.8, 4) is 0 Å². The van der Waals surface area contributed by atoms with Crippen molar-refractivity contribution in [3.63, 3.8) is 0 Å². The summed E-state index contributed by atoms with van der Waals surface area (Å²) in [7, 11) is 0. The maximum atomic E-state index is 4.91. The molecule has 0 spiro atoms. The highest BCUT2D eigenvalue weighted by Gasteiger charge is 2.33. The number of hydrogen-bond acceptors (Lipinski definition) is 2. The van der Waals surface area contributed by atoms with Crippen LogP contribution in [0.4, 0.5) is 0 Å². The Labute approximate surface area is 122 Å². The lowest BCUT2D eigenvalue weighted by Crippen LogP contribution is -2.45. The van der Waals surface area contributed by atoms with Crippen LogP contribution in [0, 0.1) is 0 Å². The third-order valence-electron chi connectivity index (χ3n) is 4.14. The zero-order chi connectivity index (χ0) is 13.5. The number of aromatic nitrogens is 2. The summed E-state index contributed by atoms with van der Waals surface area (Å²) in [6.07, 6.45) is 3.71. The molecular weight excluding hydrogens is 302 g/mol. The summed E-state index contributed by atoms with van der Waals surface area (Å²) in [5.41, 5.74) is 2.33. The molecule has 2 heterocycles. The van der Waals surface area contributed by atoms with Gasteiger partial charge in [-0.05, 0) is 57.9 Å². The van der Waals surface area contributed by atoms with E-state index in [1.807, 2.05) is 0 Å². The van der Waals surface area contributed by atoms with Crippen molar-refractivity contribution in [3.05, 3.63) is 28.5 Å². The number of rotatable bonds is 2. The maximum absolute atomic E-state index is 4.91. The van der Waals surface area contributed by atoms with E-state index in [4.69, 9.17) is 4.98 Å². The molecule has 3 rings (SSSR count). The van der Waals surface area contributed by atoms with E-state index in [1.165, 1.54) is 24.2 Å². The fraction of sp³-hybridized carbons (Fsp3) is 0.533. The summed E-state index contributed by atoms with van der Waals surface area (Å²) in [6, 6.07) is 6.36. The molecule has 1 saturated heterocycles. The minimum Gasteiger partial charge on any atom is -0.327 e. The van der Waals surface area contributed by atoms with Crippen molar-refractivity contribution in [1.29, 1.82) is 0 Å². The first-order chi connectivity index (χ1) is 9.14. The molecule has 1 aliphatic rings. The standard InChI is InChI=1S/C15H20BrN3/c1-3-19-13-7-6-11(16)10-12(13)18-14(19)15(2)8-4-5-9-17-15/h6-7,10,17H,3-5,8-9H2,1-2H3. The zero-order valence-corrected chi connectivity index (χ0v) is 13.1. The molecule has 1 aromatic heterocycles. The third kappa shape index (κ3) is 2.21. The smallest absolute Gasteiger partial charge is 0.129 e. The Morgan fingerprint density at radius 3 is 2.95 bits per heavy atom. The van der Waals surface area contributed by atoms with Gasteiger partial charge in [0.05, 0.1) is 16.6 Å². The maximum Gasteiger partial charge on any atom is 0.129 e. The Morgan fingerprint density at radius 2 is 2.26 bits per heavy atom. The molecule has 0 amide bonds. The van der Waals surface area contributed by atoms with Crippen LogP contribution in [-0.2, 0) is 12.1 Å². The minimum atomic E-state index is 0.0136. The van der Waals surface area contributed by atoms with Gasteiger partial charge in [0.25, 0.3) is 0 Å². The lowest BCUT2D eigenvalue weighted by atomic mass is 9.90. The molecule has 19 heavy (non-hydrogen) atoms. The molecule has 0 aliphatic carbocycles. The molecule has 1 atom stereocenters. The first-order valence-electron chi connectivity index (χ1n) is 7.05. The second-order valence-corrected chi connectivity index (χ2v) is 6.44. The topological polar surface area (TPSA) is 29.9 Å². The van der Waals surface area contributed by atoms with Gasteiger partial charge >= 0.3 is 0 Å². The Balaban J connectivity index is 2.17. The number of halogens is 1. The second kappa shape index (κ2) is 4.91. The third-order valence-corrected chi connectivity index (χ3v) is 4.63. The molecule has 102 valence electrons. The molecule has 3 nitrogen and oxygen atoms in total. The zero-order valence-electron chi connectivity index (χ0n) is 11.5. The van der Waals surface area contributed by atoms with E-state index in [9.17, 15) is 0 Å². The van der Waals surface area contributed by atoms with Gasteiger partial charge < -0.3 is 9.88 Å². The van der Waals surface area contributed by atoms with E-state index >= 15 is 0 Å². The van der Waals surface area contributed by atoms with Gasteiger partial charge in [-0.1, -0.05) is 15.9 Å². The molecule has 1 aromatic carbocycles. The Hall–Kier alpha value is -0.870. The Kier molecular flexibility index (Phi) is 3.39. The monoisotopic (exact) mass is 321 g/mol. The average Bonchev–Trinajstić information content (AvgIpc) is 2.78. The highest BCUT2D eigenvalue weighted by Crippen LogP contribution is 2.32. The van der Waals surface area contributed by atoms with Gasteiger partial charge in [-0.15, -0.1) is 0 Å². The SMILES string of the molecule is CCn1c(C2(C)CCCCN2)nc2cc(Br)ccc21. The van der Waals surface area contributed by atoms with Crippen molar-refractivity contribution in [2.24, 2.45) is 0 Å². The molecule has 0 bridgehead atoms. The van der Waals surface area contributed by atoms with Crippen LogP contribution < -0.4 is 5.32 Å². The second-order valence-electron chi connectivity index (χ2n) is 5.53. The number of aryl methyl sites for hydroxylation is 1. The molecule has 1 N–H and O–H groups in total. The summed E-state index contributed by atoms with van der Waals surface area (Å²) in [6.45, 7) is 6.53. The van der Waals surface area contributed by atoms with Crippen molar-refractivity contribution in [2.45, 2.75) is 45.2 Å². The number of benzene rings is 1. The normalized spacial score (nSPS) is 23.9. The number of nitrogens with zero attached hydrogens (tertiary/aromatic N) is 2. The number of imidazole rings is 1. The van der Waals surface area contributed by atoms with Crippen LogP contribution in [0.15, 0.2) is 22.7 Å². The molecule has 0 radical (unpaired) electrons. The predicted molar refractivity (Wildman–Crippen MR) is 82.3 cm³/mol. The van der Waals surface area contributed by atoms with E-state index in [2.05, 4.69) is 57.9 Å². The van der Waals surface area contributed by atoms with Gasteiger partial charge in [-0.2, -0.15) is 0 Å². The Bertz CT molecular complexity index is 597. The van der Waals surface area contributed by atoms with E-state index in [0.717, 1.165) is 29.5 Å². The molecule has 1 aliphatic heterocycles. The first-order valence-corrected chi connectivity index (χ1v) is 7.84. The molecule has 2 aromatic rings. The van der Waals surface area contributed by atoms with Crippen LogP contribution in [0.3, 0.4) is 0 Å². The quantitative estimate of drug-likeness (QED) is 0.911. The molecule has 1 fully saturated rings. The number of hydrogen-bond donors (Lipinski definition) is 1. The largest absolute Gasteiger partial charge is 0.327 e. The summed E-state index contributed by atoms with van der Waals surface area (Å²) in [5.74, 6) is 1.18. The molecule has 0 saturated carbocycles. The highest BCUT2D eigenvalue weighted by atomic mass is 79.9. The number of fused-ring (bicyclic) bond motifs is 1. The lowest BCUT2D eigenvalue weighted by Gasteiger charge is -2.34. The van der Waals surface area contributed by atoms with Gasteiger partial charge in [0, 0.05) is 11.0 Å². The lowest BCUT2D eigenvalue weighted by molar-refractivity contribution is 0.262. The van der Waals surface area contributed by atoms with Crippen LogP contribution in [-0.4, -0.2) is 16.1 Å². The van der Waals surface area contributed by atoms with Gasteiger partial charge in [0.1, 0.15) is 5.82 Å². The molecular formula is C15H20BrN3. The van der Waals surface area contributed by atoms with Gasteiger partial charge in [0.15, 0.2) is 0 Å². The van der Waals surface area contributed by atoms with Crippen molar-refractivity contribution < 1.29 is 0 Å². The van der Waals surface area contributed by atoms with Crippen LogP contribution in [0.25, 0.3) is 11.0 Å². The first kappa shape index (κ1) is 13.1. The van der Waals surface area contributed by atoms with Crippen LogP contribution in [0.5, 0.6) is 0 Å². The summed E-state index contributed by atoms with van der Waals surface area (Å²) in [5, 5.41) is 3.67. The average molecular weight is 322 g/mol. The van der Waals surface area contributed by atoms with Gasteiger partial charge in [0.2, 0.25) is 0 Å². The van der Waals surface area contributed by atoms with Gasteiger partial charge in [-0.25, -0.2) is 4.98 Å². The summed E-state index contributed by atoms with van der Waals surface area (Å²) in [4.78, 5) is 4.91. The van der Waals surface area contributed by atoms with Crippen LogP contribution in [0.2, 0.25) is 0 Å². The van der Waals surface area contributed by atoms with Crippen molar-refractivity contribution in [2.75, 3.05) is 6.54 Å². The van der Waals surface area contributed by atoms with E-state index in [1.54, 1.807) is 0 Å². The van der Waals surface area contributed by atoms with Crippen LogP contribution in [0.1, 0.15) is 38.9 Å². The highest BCUT2D eigenvalue weighted by molar-refractivity contribution is 9.10.